The number of nitrogens with zero attached hydrogens (tertiary/aromatic N) is 1. The molecule has 6 nitrogen and oxygen atoms in total. The second-order valence-electron chi connectivity index (χ2n) is 8.41. The summed E-state index contributed by atoms with van der Waals surface area (Å²) in [5.74, 6) is -0.571. The molecule has 1 atom stereocenters. The number of ketones is 1. The van der Waals surface area contributed by atoms with Gasteiger partial charge in [0.2, 0.25) is 5.76 Å². The standard InChI is InChI=1S/C28H22FNO5/c1-3-14-34-21-11-6-18(7-12-21)25-24-26(32)22-15-19(29)8-13-23(22)35-27(24)28(33)30(25)20-9-4-17(5-10-20)16(2)31/h4-13,15,25H,3,14H2,1-2H3. The van der Waals surface area contributed by atoms with Crippen LogP contribution >= 0.6 is 0 Å². The van der Waals surface area contributed by atoms with E-state index < -0.39 is 23.2 Å². The van der Waals surface area contributed by atoms with Gasteiger partial charge in [-0.05, 0) is 73.5 Å². The van der Waals surface area contributed by atoms with E-state index in [2.05, 4.69) is 0 Å². The summed E-state index contributed by atoms with van der Waals surface area (Å²) in [6, 6.07) is 16.6. The Morgan fingerprint density at radius 3 is 2.40 bits per heavy atom. The molecule has 0 N–H and O–H groups in total. The van der Waals surface area contributed by atoms with Gasteiger partial charge in [0, 0.05) is 11.3 Å². The first kappa shape index (κ1) is 22.5. The van der Waals surface area contributed by atoms with E-state index in [4.69, 9.17) is 9.15 Å². The number of amides is 1. The van der Waals surface area contributed by atoms with E-state index in [1.54, 1.807) is 48.5 Å². The Hall–Kier alpha value is -4.26. The number of hydrogen-bond acceptors (Lipinski definition) is 5. The molecule has 5 rings (SSSR count). The van der Waals surface area contributed by atoms with Crippen molar-refractivity contribution in [3.63, 3.8) is 0 Å². The number of rotatable bonds is 6. The number of fused-ring (bicyclic) bond motifs is 2. The maximum atomic E-state index is 14.0. The summed E-state index contributed by atoms with van der Waals surface area (Å²) in [6.07, 6.45) is 0.862. The Balaban J connectivity index is 1.70. The summed E-state index contributed by atoms with van der Waals surface area (Å²) in [5, 5.41) is 0.0678. The van der Waals surface area contributed by atoms with Crippen LogP contribution in [0.15, 0.2) is 75.9 Å². The highest BCUT2D eigenvalue weighted by Crippen LogP contribution is 2.41. The lowest BCUT2D eigenvalue weighted by molar-refractivity contribution is 0.0970. The highest BCUT2D eigenvalue weighted by molar-refractivity contribution is 6.11. The van der Waals surface area contributed by atoms with Crippen LogP contribution in [-0.4, -0.2) is 18.3 Å². The summed E-state index contributed by atoms with van der Waals surface area (Å²) >= 11 is 0. The van der Waals surface area contributed by atoms with Gasteiger partial charge in [0.05, 0.1) is 23.6 Å². The molecule has 0 saturated heterocycles. The van der Waals surface area contributed by atoms with Gasteiger partial charge in [-0.25, -0.2) is 4.39 Å². The van der Waals surface area contributed by atoms with Crippen LogP contribution in [0.1, 0.15) is 58.3 Å². The van der Waals surface area contributed by atoms with Crippen LogP contribution in [0, 0.1) is 5.82 Å². The van der Waals surface area contributed by atoms with Crippen LogP contribution < -0.4 is 15.1 Å². The van der Waals surface area contributed by atoms with Crippen molar-refractivity contribution in [2.75, 3.05) is 11.5 Å². The fourth-order valence-electron chi connectivity index (χ4n) is 4.35. The first-order valence-corrected chi connectivity index (χ1v) is 11.3. The third-order valence-corrected chi connectivity index (χ3v) is 6.05. The van der Waals surface area contributed by atoms with Crippen molar-refractivity contribution in [3.05, 3.63) is 105 Å². The minimum atomic E-state index is -0.801. The maximum Gasteiger partial charge on any atom is 0.295 e. The Kier molecular flexibility index (Phi) is 5.68. The third-order valence-electron chi connectivity index (χ3n) is 6.05. The van der Waals surface area contributed by atoms with Gasteiger partial charge in [0.1, 0.15) is 17.1 Å². The molecule has 4 aromatic rings. The number of carbonyl (C=O) groups excluding carboxylic acids is 2. The number of anilines is 1. The van der Waals surface area contributed by atoms with Crippen molar-refractivity contribution in [1.29, 1.82) is 0 Å². The second-order valence-corrected chi connectivity index (χ2v) is 8.41. The lowest BCUT2D eigenvalue weighted by Gasteiger charge is -2.25. The fraction of sp³-hybridized carbons (Fsp3) is 0.179. The van der Waals surface area contributed by atoms with Crippen LogP contribution in [0.25, 0.3) is 11.0 Å². The van der Waals surface area contributed by atoms with Crippen molar-refractivity contribution in [2.24, 2.45) is 0 Å². The van der Waals surface area contributed by atoms with E-state index in [0.29, 0.717) is 29.2 Å². The first-order chi connectivity index (χ1) is 16.9. The van der Waals surface area contributed by atoms with E-state index in [-0.39, 0.29) is 28.1 Å². The smallest absolute Gasteiger partial charge is 0.295 e. The second kappa shape index (κ2) is 8.83. The van der Waals surface area contributed by atoms with Crippen LogP contribution in [0.4, 0.5) is 10.1 Å². The van der Waals surface area contributed by atoms with Gasteiger partial charge in [0.25, 0.3) is 5.91 Å². The molecule has 0 fully saturated rings. The fourth-order valence-corrected chi connectivity index (χ4v) is 4.35. The van der Waals surface area contributed by atoms with Gasteiger partial charge in [-0.2, -0.15) is 0 Å². The molecule has 1 unspecified atom stereocenters. The molecule has 7 heteroatoms. The van der Waals surface area contributed by atoms with Gasteiger partial charge in [-0.3, -0.25) is 19.3 Å². The van der Waals surface area contributed by atoms with Gasteiger partial charge in [0.15, 0.2) is 11.2 Å². The minimum Gasteiger partial charge on any atom is -0.494 e. The first-order valence-electron chi connectivity index (χ1n) is 11.3. The Morgan fingerprint density at radius 1 is 1.03 bits per heavy atom. The average Bonchev–Trinajstić information content (AvgIpc) is 3.16. The number of carbonyl (C=O) groups is 2. The van der Waals surface area contributed by atoms with Gasteiger partial charge in [-0.1, -0.05) is 19.1 Å². The number of halogens is 1. The molecule has 1 amide bonds. The maximum absolute atomic E-state index is 14.0. The molecular formula is C28H22FNO5. The van der Waals surface area contributed by atoms with Gasteiger partial charge >= 0.3 is 0 Å². The molecule has 0 radical (unpaired) electrons. The summed E-state index contributed by atoms with van der Waals surface area (Å²) in [6.45, 7) is 4.04. The molecule has 1 aromatic heterocycles. The zero-order valence-corrected chi connectivity index (χ0v) is 19.2. The van der Waals surface area contributed by atoms with E-state index in [1.165, 1.54) is 24.0 Å². The molecular weight excluding hydrogens is 449 g/mol. The van der Waals surface area contributed by atoms with E-state index in [0.717, 1.165) is 12.5 Å². The van der Waals surface area contributed by atoms with Crippen LogP contribution in [0.5, 0.6) is 5.75 Å². The molecule has 0 aliphatic carbocycles. The Morgan fingerprint density at radius 2 is 1.74 bits per heavy atom. The topological polar surface area (TPSA) is 76.8 Å². The zero-order valence-electron chi connectivity index (χ0n) is 19.2. The number of hydrogen-bond donors (Lipinski definition) is 0. The molecule has 0 saturated carbocycles. The lowest BCUT2D eigenvalue weighted by atomic mass is 9.98. The van der Waals surface area contributed by atoms with Crippen molar-refractivity contribution in [1.82, 2.24) is 0 Å². The number of Topliss-reactive ketones (excluding diaryl/α,β-unsaturated/α-hetero) is 1. The van der Waals surface area contributed by atoms with Crippen molar-refractivity contribution in [2.45, 2.75) is 26.3 Å². The molecule has 0 spiro atoms. The van der Waals surface area contributed by atoms with Crippen molar-refractivity contribution < 1.29 is 23.1 Å². The van der Waals surface area contributed by atoms with Gasteiger partial charge in [-0.15, -0.1) is 0 Å². The molecule has 0 bridgehead atoms. The summed E-state index contributed by atoms with van der Waals surface area (Å²) in [4.78, 5) is 40.4. The summed E-state index contributed by atoms with van der Waals surface area (Å²) in [5.41, 5.74) is 1.48. The van der Waals surface area contributed by atoms with Crippen LogP contribution in [0.2, 0.25) is 0 Å². The Labute approximate surface area is 200 Å². The third kappa shape index (κ3) is 3.89. The minimum absolute atomic E-state index is 0.0678. The molecule has 1 aliphatic rings. The summed E-state index contributed by atoms with van der Waals surface area (Å²) in [7, 11) is 0. The van der Waals surface area contributed by atoms with Crippen LogP contribution in [-0.2, 0) is 0 Å². The number of ether oxygens (including phenoxy) is 1. The van der Waals surface area contributed by atoms with Crippen LogP contribution in [0.3, 0.4) is 0 Å². The van der Waals surface area contributed by atoms with Crippen molar-refractivity contribution >= 4 is 28.3 Å². The Bertz CT molecular complexity index is 1510. The predicted molar refractivity (Wildman–Crippen MR) is 130 cm³/mol. The molecule has 2 heterocycles. The predicted octanol–water partition coefficient (Wildman–Crippen LogP) is 5.67. The van der Waals surface area contributed by atoms with E-state index in [1.807, 2.05) is 6.92 Å². The highest BCUT2D eigenvalue weighted by atomic mass is 19.1. The SMILES string of the molecule is CCCOc1ccc(C2c3c(oc4ccc(F)cc4c3=O)C(=O)N2c2ccc(C(C)=O)cc2)cc1. The summed E-state index contributed by atoms with van der Waals surface area (Å²) < 4.78 is 25.5. The van der Waals surface area contributed by atoms with E-state index in [9.17, 15) is 18.8 Å². The van der Waals surface area contributed by atoms with E-state index >= 15 is 0 Å². The average molecular weight is 471 g/mol. The normalized spacial score (nSPS) is 14.9. The quantitative estimate of drug-likeness (QED) is 0.339. The van der Waals surface area contributed by atoms with Gasteiger partial charge < -0.3 is 9.15 Å². The molecule has 35 heavy (non-hydrogen) atoms. The highest BCUT2D eigenvalue weighted by Gasteiger charge is 2.43. The molecule has 1 aliphatic heterocycles. The van der Waals surface area contributed by atoms with Crippen molar-refractivity contribution in [3.8, 4) is 5.75 Å². The zero-order chi connectivity index (χ0) is 24.7. The lowest BCUT2D eigenvalue weighted by Crippen LogP contribution is -2.29. The number of benzene rings is 3. The monoisotopic (exact) mass is 471 g/mol. The molecule has 176 valence electrons. The molecule has 3 aromatic carbocycles. The largest absolute Gasteiger partial charge is 0.494 e.